The van der Waals surface area contributed by atoms with Crippen LogP contribution in [0.3, 0.4) is 0 Å². The summed E-state index contributed by atoms with van der Waals surface area (Å²) in [5.74, 6) is 1.00. The minimum atomic E-state index is -0.356. The normalized spacial score (nSPS) is 27.7. The standard InChI is InChI=1S/C20H18NO2/c22-21(23-19-12-13-9-10-14(19)11-13)20-17-7-3-1-5-15(17)16-6-2-4-8-18(16)20/h1-10,13-14,19-20H,11-12H2/q-1. The summed E-state index contributed by atoms with van der Waals surface area (Å²) in [6, 6.07) is 15.9. The zero-order valence-corrected chi connectivity index (χ0v) is 12.8. The Hall–Kier alpha value is -1.94. The topological polar surface area (TPSA) is 35.5 Å². The third-order valence-corrected chi connectivity index (χ3v) is 5.47. The molecule has 0 amide bonds. The summed E-state index contributed by atoms with van der Waals surface area (Å²) in [6.07, 6.45) is 6.61. The van der Waals surface area contributed by atoms with Crippen molar-refractivity contribution in [1.82, 2.24) is 5.23 Å². The van der Waals surface area contributed by atoms with Crippen molar-refractivity contribution >= 4 is 0 Å². The van der Waals surface area contributed by atoms with E-state index in [9.17, 15) is 5.21 Å². The Balaban J connectivity index is 1.49. The van der Waals surface area contributed by atoms with Crippen molar-refractivity contribution in [2.45, 2.75) is 25.0 Å². The first kappa shape index (κ1) is 13.5. The van der Waals surface area contributed by atoms with Crippen LogP contribution in [0.25, 0.3) is 11.1 Å². The third kappa shape index (κ3) is 2.01. The summed E-state index contributed by atoms with van der Waals surface area (Å²) < 4.78 is 0. The van der Waals surface area contributed by atoms with E-state index in [2.05, 4.69) is 24.3 Å². The molecule has 0 aromatic heterocycles. The van der Waals surface area contributed by atoms with Crippen LogP contribution in [0.5, 0.6) is 0 Å². The summed E-state index contributed by atoms with van der Waals surface area (Å²) in [6.45, 7) is 0. The van der Waals surface area contributed by atoms with Crippen LogP contribution in [0.4, 0.5) is 0 Å². The molecule has 0 radical (unpaired) electrons. The van der Waals surface area contributed by atoms with Crippen LogP contribution in [0.1, 0.15) is 30.0 Å². The van der Waals surface area contributed by atoms with E-state index in [0.717, 1.165) is 40.3 Å². The van der Waals surface area contributed by atoms with Crippen molar-refractivity contribution in [3.63, 3.8) is 0 Å². The van der Waals surface area contributed by atoms with E-state index < -0.39 is 0 Å². The first-order valence-electron chi connectivity index (χ1n) is 8.31. The van der Waals surface area contributed by atoms with Gasteiger partial charge in [-0.2, -0.15) is 0 Å². The second kappa shape index (κ2) is 5.03. The van der Waals surface area contributed by atoms with Crippen molar-refractivity contribution in [1.29, 1.82) is 0 Å². The molecule has 1 saturated carbocycles. The lowest BCUT2D eigenvalue weighted by atomic mass is 10.0. The van der Waals surface area contributed by atoms with E-state index in [-0.39, 0.29) is 12.1 Å². The van der Waals surface area contributed by atoms with Gasteiger partial charge in [-0.05, 0) is 41.0 Å². The Morgan fingerprint density at radius 3 is 2.09 bits per heavy atom. The largest absolute Gasteiger partial charge is 0.761 e. The van der Waals surface area contributed by atoms with Crippen LogP contribution in [0.2, 0.25) is 0 Å². The molecular weight excluding hydrogens is 286 g/mol. The van der Waals surface area contributed by atoms with Gasteiger partial charge in [0.05, 0.1) is 12.1 Å². The number of rotatable bonds is 3. The molecule has 0 heterocycles. The number of benzene rings is 2. The number of hydroxylamine groups is 2. The summed E-state index contributed by atoms with van der Waals surface area (Å²) in [4.78, 5) is 5.87. The van der Waals surface area contributed by atoms with E-state index in [1.807, 2.05) is 36.4 Å². The fourth-order valence-corrected chi connectivity index (χ4v) is 4.40. The van der Waals surface area contributed by atoms with Crippen molar-refractivity contribution in [2.75, 3.05) is 0 Å². The highest BCUT2D eigenvalue weighted by molar-refractivity contribution is 5.78. The highest BCUT2D eigenvalue weighted by Crippen LogP contribution is 2.47. The Kier molecular flexibility index (Phi) is 2.95. The third-order valence-electron chi connectivity index (χ3n) is 5.47. The highest BCUT2D eigenvalue weighted by Gasteiger charge is 2.38. The minimum absolute atomic E-state index is 0.0300. The number of allylic oxidation sites excluding steroid dienone is 1. The molecule has 0 N–H and O–H groups in total. The number of hydrogen-bond acceptors (Lipinski definition) is 3. The van der Waals surface area contributed by atoms with E-state index in [1.54, 1.807) is 0 Å². The molecule has 2 aromatic rings. The molecule has 0 aliphatic heterocycles. The van der Waals surface area contributed by atoms with Gasteiger partial charge in [-0.25, -0.2) is 5.23 Å². The van der Waals surface area contributed by atoms with Gasteiger partial charge in [-0.3, -0.25) is 0 Å². The minimum Gasteiger partial charge on any atom is -0.761 e. The van der Waals surface area contributed by atoms with Crippen LogP contribution in [0, 0.1) is 17.0 Å². The highest BCUT2D eigenvalue weighted by atomic mass is 16.9. The van der Waals surface area contributed by atoms with Crippen LogP contribution < -0.4 is 0 Å². The lowest BCUT2D eigenvalue weighted by Crippen LogP contribution is -2.30. The second-order valence-corrected chi connectivity index (χ2v) is 6.79. The lowest BCUT2D eigenvalue weighted by molar-refractivity contribution is -0.188. The van der Waals surface area contributed by atoms with E-state index in [0.29, 0.717) is 11.8 Å². The average Bonchev–Trinajstić information content (AvgIpc) is 3.27. The fourth-order valence-electron chi connectivity index (χ4n) is 4.40. The Labute approximate surface area is 135 Å². The van der Waals surface area contributed by atoms with Crippen LogP contribution in [-0.2, 0) is 4.84 Å². The molecule has 3 nitrogen and oxygen atoms in total. The maximum atomic E-state index is 12.9. The van der Waals surface area contributed by atoms with Gasteiger partial charge in [0.2, 0.25) is 0 Å². The Bertz CT molecular complexity index is 739. The van der Waals surface area contributed by atoms with Gasteiger partial charge in [-0.15, -0.1) is 0 Å². The Morgan fingerprint density at radius 1 is 0.870 bits per heavy atom. The summed E-state index contributed by atoms with van der Waals surface area (Å²) in [5.41, 5.74) is 4.38. The molecule has 3 aliphatic rings. The molecule has 3 heteroatoms. The van der Waals surface area contributed by atoms with Crippen LogP contribution >= 0.6 is 0 Å². The fraction of sp³-hybridized carbons (Fsp3) is 0.300. The van der Waals surface area contributed by atoms with Gasteiger partial charge in [0, 0.05) is 5.92 Å². The Morgan fingerprint density at radius 2 is 1.52 bits per heavy atom. The van der Waals surface area contributed by atoms with Crippen LogP contribution in [0.15, 0.2) is 60.7 Å². The number of fused-ring (bicyclic) bond motifs is 5. The molecule has 0 saturated heterocycles. The van der Waals surface area contributed by atoms with E-state index in [1.165, 1.54) is 0 Å². The van der Waals surface area contributed by atoms with Gasteiger partial charge in [0.15, 0.2) is 0 Å². The molecule has 0 spiro atoms. The predicted molar refractivity (Wildman–Crippen MR) is 89.2 cm³/mol. The van der Waals surface area contributed by atoms with Gasteiger partial charge >= 0.3 is 0 Å². The van der Waals surface area contributed by atoms with E-state index in [4.69, 9.17) is 4.84 Å². The summed E-state index contributed by atoms with van der Waals surface area (Å²) >= 11 is 0. The van der Waals surface area contributed by atoms with Crippen molar-refractivity contribution in [3.05, 3.63) is 77.0 Å². The average molecular weight is 304 g/mol. The maximum absolute atomic E-state index is 12.9. The van der Waals surface area contributed by atoms with E-state index >= 15 is 0 Å². The molecule has 2 bridgehead atoms. The second-order valence-electron chi connectivity index (χ2n) is 6.79. The molecule has 3 atom stereocenters. The molecule has 23 heavy (non-hydrogen) atoms. The van der Waals surface area contributed by atoms with Gasteiger partial charge in [-0.1, -0.05) is 60.7 Å². The van der Waals surface area contributed by atoms with Crippen molar-refractivity contribution in [3.8, 4) is 11.1 Å². The molecule has 3 aliphatic carbocycles. The smallest absolute Gasteiger partial charge is 0.0849 e. The van der Waals surface area contributed by atoms with Gasteiger partial charge in [0.1, 0.15) is 0 Å². The lowest BCUT2D eigenvalue weighted by Gasteiger charge is -2.38. The molecule has 3 unspecified atom stereocenters. The molecule has 5 rings (SSSR count). The molecule has 1 fully saturated rings. The number of nitrogens with zero attached hydrogens (tertiary/aromatic N) is 1. The predicted octanol–water partition coefficient (Wildman–Crippen LogP) is 4.45. The summed E-state index contributed by atoms with van der Waals surface area (Å²) in [7, 11) is 0. The van der Waals surface area contributed by atoms with Gasteiger partial charge < -0.3 is 10.0 Å². The summed E-state index contributed by atoms with van der Waals surface area (Å²) in [5, 5.41) is 13.7. The zero-order chi connectivity index (χ0) is 15.4. The maximum Gasteiger partial charge on any atom is 0.0849 e. The first-order valence-corrected chi connectivity index (χ1v) is 8.31. The first-order chi connectivity index (χ1) is 11.3. The quantitative estimate of drug-likeness (QED) is 0.620. The van der Waals surface area contributed by atoms with Crippen LogP contribution in [-0.4, -0.2) is 11.3 Å². The SMILES string of the molecule is [O-]N(OC1CC2C=CC1C2)C1c2ccccc2-c2ccccc21. The van der Waals surface area contributed by atoms with Gasteiger partial charge in [0.25, 0.3) is 0 Å². The number of hydrogen-bond donors (Lipinski definition) is 0. The zero-order valence-electron chi connectivity index (χ0n) is 12.8. The molecule has 116 valence electrons. The monoisotopic (exact) mass is 304 g/mol. The molecule has 2 aromatic carbocycles. The van der Waals surface area contributed by atoms with Crippen molar-refractivity contribution in [2.24, 2.45) is 11.8 Å². The van der Waals surface area contributed by atoms with Crippen molar-refractivity contribution < 1.29 is 4.84 Å². The molecular formula is C20H18NO2-.